The fourth-order valence-corrected chi connectivity index (χ4v) is 3.91. The predicted octanol–water partition coefficient (Wildman–Crippen LogP) is 5.97. The van der Waals surface area contributed by atoms with E-state index in [2.05, 4.69) is 54.6 Å². The maximum absolute atomic E-state index is 5.66. The topological polar surface area (TPSA) is 27.7 Å². The average molecular weight is 374 g/mol. The lowest BCUT2D eigenvalue weighted by molar-refractivity contribution is 0.174. The van der Waals surface area contributed by atoms with Crippen molar-refractivity contribution in [2.24, 2.45) is 0 Å². The SMILES string of the molecule is COc1ccccc1[C@H](CCCCc1ccccc1)c1ccc2c(c1)OCO2. The molecule has 3 aromatic carbocycles. The molecule has 0 unspecified atom stereocenters. The van der Waals surface area contributed by atoms with Crippen LogP contribution in [0.2, 0.25) is 0 Å². The number of rotatable bonds is 8. The first kappa shape index (κ1) is 18.4. The lowest BCUT2D eigenvalue weighted by Gasteiger charge is -2.21. The second-order valence-electron chi connectivity index (χ2n) is 7.14. The predicted molar refractivity (Wildman–Crippen MR) is 111 cm³/mol. The van der Waals surface area contributed by atoms with Gasteiger partial charge >= 0.3 is 0 Å². The van der Waals surface area contributed by atoms with Crippen molar-refractivity contribution < 1.29 is 14.2 Å². The number of hydrogen-bond acceptors (Lipinski definition) is 3. The van der Waals surface area contributed by atoms with Gasteiger partial charge in [0.2, 0.25) is 6.79 Å². The Labute approximate surface area is 166 Å². The zero-order valence-corrected chi connectivity index (χ0v) is 16.3. The van der Waals surface area contributed by atoms with Crippen LogP contribution in [0.1, 0.15) is 41.9 Å². The van der Waals surface area contributed by atoms with Crippen LogP contribution in [0.5, 0.6) is 17.2 Å². The molecule has 3 aromatic rings. The third-order valence-corrected chi connectivity index (χ3v) is 5.36. The third-order valence-electron chi connectivity index (χ3n) is 5.36. The van der Waals surface area contributed by atoms with E-state index in [1.54, 1.807) is 7.11 Å². The molecule has 0 amide bonds. The molecule has 1 aliphatic heterocycles. The van der Waals surface area contributed by atoms with E-state index in [9.17, 15) is 0 Å². The van der Waals surface area contributed by atoms with E-state index >= 15 is 0 Å². The standard InChI is InChI=1S/C25H26O3/c1-26-23-14-8-7-13-22(23)21(12-6-5-11-19-9-3-2-4-10-19)20-15-16-24-25(17-20)28-18-27-24/h2-4,7-10,13-17,21H,5-6,11-12,18H2,1H3/t21-/m1/s1. The first-order valence-corrected chi connectivity index (χ1v) is 9.91. The van der Waals surface area contributed by atoms with Crippen LogP contribution in [0.3, 0.4) is 0 Å². The van der Waals surface area contributed by atoms with E-state index in [0.29, 0.717) is 6.79 Å². The molecule has 1 aliphatic rings. The van der Waals surface area contributed by atoms with Crippen molar-refractivity contribution in [3.8, 4) is 17.2 Å². The van der Waals surface area contributed by atoms with Crippen LogP contribution < -0.4 is 14.2 Å². The summed E-state index contributed by atoms with van der Waals surface area (Å²) in [4.78, 5) is 0. The van der Waals surface area contributed by atoms with Crippen molar-refractivity contribution in [3.63, 3.8) is 0 Å². The number of para-hydroxylation sites is 1. The highest BCUT2D eigenvalue weighted by molar-refractivity contribution is 5.49. The molecule has 0 bridgehead atoms. The van der Waals surface area contributed by atoms with Gasteiger partial charge in [0.05, 0.1) is 7.11 Å². The van der Waals surface area contributed by atoms with E-state index in [-0.39, 0.29) is 5.92 Å². The molecule has 3 nitrogen and oxygen atoms in total. The van der Waals surface area contributed by atoms with Crippen molar-refractivity contribution in [3.05, 3.63) is 89.5 Å². The van der Waals surface area contributed by atoms with Crippen LogP contribution in [0.15, 0.2) is 72.8 Å². The molecule has 0 aliphatic carbocycles. The van der Waals surface area contributed by atoms with Gasteiger partial charge in [-0.2, -0.15) is 0 Å². The number of ether oxygens (including phenoxy) is 3. The normalized spacial score (nSPS) is 13.3. The highest BCUT2D eigenvalue weighted by Gasteiger charge is 2.21. The number of hydrogen-bond donors (Lipinski definition) is 0. The third kappa shape index (κ3) is 4.14. The molecule has 0 saturated carbocycles. The van der Waals surface area contributed by atoms with Crippen LogP contribution >= 0.6 is 0 Å². The molecule has 4 rings (SSSR count). The summed E-state index contributed by atoms with van der Waals surface area (Å²) in [6.07, 6.45) is 4.49. The lowest BCUT2D eigenvalue weighted by Crippen LogP contribution is -2.04. The molecule has 144 valence electrons. The first-order valence-electron chi connectivity index (χ1n) is 9.91. The maximum atomic E-state index is 5.66. The Balaban J connectivity index is 1.53. The van der Waals surface area contributed by atoms with Crippen molar-refractivity contribution in [1.82, 2.24) is 0 Å². The van der Waals surface area contributed by atoms with Gasteiger partial charge < -0.3 is 14.2 Å². The highest BCUT2D eigenvalue weighted by Crippen LogP contribution is 2.40. The summed E-state index contributed by atoms with van der Waals surface area (Å²) >= 11 is 0. The van der Waals surface area contributed by atoms with Crippen LogP contribution in [-0.4, -0.2) is 13.9 Å². The number of benzene rings is 3. The maximum Gasteiger partial charge on any atom is 0.231 e. The molecule has 3 heteroatoms. The summed E-state index contributed by atoms with van der Waals surface area (Å²) in [7, 11) is 1.74. The Bertz CT molecular complexity index is 905. The Morgan fingerprint density at radius 3 is 2.50 bits per heavy atom. The van der Waals surface area contributed by atoms with Gasteiger partial charge in [0.15, 0.2) is 11.5 Å². The second kappa shape index (κ2) is 8.83. The summed E-state index contributed by atoms with van der Waals surface area (Å²) in [6.45, 7) is 0.301. The van der Waals surface area contributed by atoms with Gasteiger partial charge in [0.1, 0.15) is 5.75 Å². The van der Waals surface area contributed by atoms with Gasteiger partial charge in [-0.3, -0.25) is 0 Å². The Kier molecular flexibility index (Phi) is 5.81. The van der Waals surface area contributed by atoms with Gasteiger partial charge in [-0.15, -0.1) is 0 Å². The molecule has 0 fully saturated rings. The van der Waals surface area contributed by atoms with Crippen molar-refractivity contribution in [2.75, 3.05) is 13.9 Å². The molecule has 28 heavy (non-hydrogen) atoms. The van der Waals surface area contributed by atoms with Gasteiger partial charge in [0, 0.05) is 11.5 Å². The molecular formula is C25H26O3. The quantitative estimate of drug-likeness (QED) is 0.455. The summed E-state index contributed by atoms with van der Waals surface area (Å²) in [6, 6.07) is 25.3. The Hall–Kier alpha value is -2.94. The number of unbranched alkanes of at least 4 members (excludes halogenated alkanes) is 1. The number of methoxy groups -OCH3 is 1. The van der Waals surface area contributed by atoms with E-state index in [1.165, 1.54) is 23.1 Å². The lowest BCUT2D eigenvalue weighted by atomic mass is 9.86. The van der Waals surface area contributed by atoms with Crippen molar-refractivity contribution in [2.45, 2.75) is 31.6 Å². The van der Waals surface area contributed by atoms with Crippen molar-refractivity contribution >= 4 is 0 Å². The monoisotopic (exact) mass is 374 g/mol. The summed E-state index contributed by atoms with van der Waals surface area (Å²) in [5.74, 6) is 2.86. The van der Waals surface area contributed by atoms with E-state index in [0.717, 1.165) is 36.5 Å². The summed E-state index contributed by atoms with van der Waals surface area (Å²) < 4.78 is 16.8. The number of fused-ring (bicyclic) bond motifs is 1. The molecule has 0 aromatic heterocycles. The van der Waals surface area contributed by atoms with Gasteiger partial charge in [0.25, 0.3) is 0 Å². The Morgan fingerprint density at radius 1 is 0.857 bits per heavy atom. The average Bonchev–Trinajstić information content (AvgIpc) is 3.22. The minimum absolute atomic E-state index is 0.265. The minimum atomic E-state index is 0.265. The molecule has 0 radical (unpaired) electrons. The smallest absolute Gasteiger partial charge is 0.231 e. The first-order chi connectivity index (χ1) is 13.8. The zero-order chi connectivity index (χ0) is 19.2. The molecule has 0 saturated heterocycles. The minimum Gasteiger partial charge on any atom is -0.496 e. The zero-order valence-electron chi connectivity index (χ0n) is 16.3. The molecule has 0 N–H and O–H groups in total. The second-order valence-corrected chi connectivity index (χ2v) is 7.14. The molecule has 1 atom stereocenters. The fraction of sp³-hybridized carbons (Fsp3) is 0.280. The number of aryl methyl sites for hydroxylation is 1. The Morgan fingerprint density at radius 2 is 1.64 bits per heavy atom. The van der Waals surface area contributed by atoms with Gasteiger partial charge in [-0.05, 0) is 48.6 Å². The molecule has 0 spiro atoms. The van der Waals surface area contributed by atoms with Crippen LogP contribution in [0.4, 0.5) is 0 Å². The van der Waals surface area contributed by atoms with Crippen LogP contribution in [-0.2, 0) is 6.42 Å². The van der Waals surface area contributed by atoms with E-state index < -0.39 is 0 Å². The van der Waals surface area contributed by atoms with Crippen LogP contribution in [0.25, 0.3) is 0 Å². The molecule has 1 heterocycles. The summed E-state index contributed by atoms with van der Waals surface area (Å²) in [5.41, 5.74) is 3.87. The molecular weight excluding hydrogens is 348 g/mol. The van der Waals surface area contributed by atoms with Crippen LogP contribution in [0, 0.1) is 0 Å². The largest absolute Gasteiger partial charge is 0.496 e. The van der Waals surface area contributed by atoms with Gasteiger partial charge in [-0.1, -0.05) is 61.0 Å². The van der Waals surface area contributed by atoms with Gasteiger partial charge in [-0.25, -0.2) is 0 Å². The summed E-state index contributed by atoms with van der Waals surface area (Å²) in [5, 5.41) is 0. The van der Waals surface area contributed by atoms with Crippen molar-refractivity contribution in [1.29, 1.82) is 0 Å². The fourth-order valence-electron chi connectivity index (χ4n) is 3.91. The van der Waals surface area contributed by atoms with E-state index in [1.807, 2.05) is 18.2 Å². The highest BCUT2D eigenvalue weighted by atomic mass is 16.7. The van der Waals surface area contributed by atoms with E-state index in [4.69, 9.17) is 14.2 Å².